The molecule has 5 rings (SSSR count). The van der Waals surface area contributed by atoms with Crippen molar-refractivity contribution in [2.24, 2.45) is 16.8 Å². The molecule has 126 valence electrons. The predicted molar refractivity (Wildman–Crippen MR) is 108 cm³/mol. The number of nitrogens with one attached hydrogen (secondary N) is 1. The second-order valence-corrected chi connectivity index (χ2v) is 7.19. The highest BCUT2D eigenvalue weighted by Crippen LogP contribution is 2.52. The maximum Gasteiger partial charge on any atom is 0.176 e. The Hall–Kier alpha value is -3.22. The van der Waals surface area contributed by atoms with E-state index in [-0.39, 0.29) is 0 Å². The van der Waals surface area contributed by atoms with Gasteiger partial charge in [0.05, 0.1) is 9.58 Å². The summed E-state index contributed by atoms with van der Waals surface area (Å²) in [5.74, 6) is 11.4. The number of hydrogen-bond donors (Lipinski definition) is 3. The average Bonchev–Trinajstić information content (AvgIpc) is 3.10. The molecule has 0 radical (unpaired) electrons. The van der Waals surface area contributed by atoms with E-state index < -0.39 is 0 Å². The first-order chi connectivity index (χ1) is 12.8. The topological polar surface area (TPSA) is 89.3 Å². The summed E-state index contributed by atoms with van der Waals surface area (Å²) >= 11 is 1.56. The van der Waals surface area contributed by atoms with Gasteiger partial charge in [0.1, 0.15) is 0 Å². The molecule has 0 saturated heterocycles. The van der Waals surface area contributed by atoms with E-state index in [2.05, 4.69) is 64.0 Å². The maximum atomic E-state index is 5.52. The van der Waals surface area contributed by atoms with Crippen LogP contribution in [0.5, 0.6) is 0 Å². The van der Waals surface area contributed by atoms with Crippen LogP contribution in [0.1, 0.15) is 4.88 Å². The number of thiophene rings is 1. The number of hydrazine groups is 1. The summed E-state index contributed by atoms with van der Waals surface area (Å²) in [6.45, 7) is 0. The lowest BCUT2D eigenvalue weighted by Crippen LogP contribution is -2.31. The molecule has 4 aromatic rings. The molecular formula is C20H15N5S. The van der Waals surface area contributed by atoms with Crippen LogP contribution in [0.4, 0.5) is 0 Å². The van der Waals surface area contributed by atoms with Crippen LogP contribution in [0, 0.1) is 0 Å². The Morgan fingerprint density at radius 2 is 1.65 bits per heavy atom. The zero-order chi connectivity index (χ0) is 17.7. The molecule has 2 heterocycles. The number of hydrazone groups is 1. The van der Waals surface area contributed by atoms with Gasteiger partial charge in [0.15, 0.2) is 5.84 Å². The molecule has 0 spiro atoms. The van der Waals surface area contributed by atoms with Crippen LogP contribution in [-0.4, -0.2) is 10.8 Å². The molecule has 2 aromatic carbocycles. The van der Waals surface area contributed by atoms with Gasteiger partial charge < -0.3 is 11.3 Å². The molecule has 1 aliphatic carbocycles. The van der Waals surface area contributed by atoms with E-state index in [1.165, 1.54) is 27.8 Å². The first-order valence-electron chi connectivity index (χ1n) is 8.17. The lowest BCUT2D eigenvalue weighted by atomic mass is 9.76. The van der Waals surface area contributed by atoms with Crippen molar-refractivity contribution in [2.45, 2.75) is 0 Å². The SMILES string of the molecule is N/N=C(\NN)c1cc2c(-c3cccc4c3-c3ccccc3-4)cncc2s1. The van der Waals surface area contributed by atoms with Crippen molar-refractivity contribution in [3.8, 4) is 33.4 Å². The molecule has 0 bridgehead atoms. The van der Waals surface area contributed by atoms with Crippen LogP contribution in [0.3, 0.4) is 0 Å². The van der Waals surface area contributed by atoms with E-state index in [1.54, 1.807) is 11.3 Å². The standard InChI is InChI=1S/C20H15N5S/c21-24-20(25-22)17-8-15-16(9-23-10-18(15)26-17)14-7-3-6-13-11-4-1-2-5-12(11)19(13)14/h1-10H,21-22H2,(H,24,25). The van der Waals surface area contributed by atoms with Crippen LogP contribution in [0.25, 0.3) is 43.5 Å². The number of benzene rings is 2. The maximum absolute atomic E-state index is 5.52. The predicted octanol–water partition coefficient (Wildman–Crippen LogP) is 3.69. The molecule has 26 heavy (non-hydrogen) atoms. The lowest BCUT2D eigenvalue weighted by Gasteiger charge is -2.26. The van der Waals surface area contributed by atoms with Gasteiger partial charge >= 0.3 is 0 Å². The minimum atomic E-state index is 0.462. The Kier molecular flexibility index (Phi) is 3.28. The van der Waals surface area contributed by atoms with Crippen molar-refractivity contribution in [3.63, 3.8) is 0 Å². The summed E-state index contributed by atoms with van der Waals surface area (Å²) in [5.41, 5.74) is 10.0. The first-order valence-corrected chi connectivity index (χ1v) is 8.99. The Morgan fingerprint density at radius 1 is 0.923 bits per heavy atom. The Morgan fingerprint density at radius 3 is 2.42 bits per heavy atom. The van der Waals surface area contributed by atoms with Gasteiger partial charge in [0.2, 0.25) is 0 Å². The van der Waals surface area contributed by atoms with Gasteiger partial charge in [-0.1, -0.05) is 42.5 Å². The molecule has 0 atom stereocenters. The smallest absolute Gasteiger partial charge is 0.176 e. The summed E-state index contributed by atoms with van der Waals surface area (Å²) in [5, 5.41) is 4.84. The third-order valence-electron chi connectivity index (χ3n) is 4.79. The van der Waals surface area contributed by atoms with Gasteiger partial charge in [-0.25, -0.2) is 5.84 Å². The van der Waals surface area contributed by atoms with Crippen LogP contribution < -0.4 is 17.1 Å². The number of amidine groups is 1. The van der Waals surface area contributed by atoms with Crippen LogP contribution in [-0.2, 0) is 0 Å². The molecule has 6 heteroatoms. The molecular weight excluding hydrogens is 342 g/mol. The Labute approximate surface area is 154 Å². The highest BCUT2D eigenvalue weighted by atomic mass is 32.1. The molecule has 0 saturated carbocycles. The van der Waals surface area contributed by atoms with Gasteiger partial charge in [-0.05, 0) is 33.9 Å². The number of fused-ring (bicyclic) bond motifs is 5. The summed E-state index contributed by atoms with van der Waals surface area (Å²) in [7, 11) is 0. The monoisotopic (exact) mass is 357 g/mol. The quantitative estimate of drug-likeness (QED) is 0.194. The summed E-state index contributed by atoms with van der Waals surface area (Å²) in [4.78, 5) is 5.34. The second kappa shape index (κ2) is 5.66. The molecule has 0 aliphatic heterocycles. The zero-order valence-corrected chi connectivity index (χ0v) is 14.5. The average molecular weight is 357 g/mol. The van der Waals surface area contributed by atoms with Gasteiger partial charge in [0, 0.05) is 23.3 Å². The van der Waals surface area contributed by atoms with E-state index in [0.29, 0.717) is 5.84 Å². The second-order valence-electron chi connectivity index (χ2n) is 6.11. The number of rotatable bonds is 2. The number of nitrogens with zero attached hydrogens (tertiary/aromatic N) is 2. The zero-order valence-electron chi connectivity index (χ0n) is 13.7. The van der Waals surface area contributed by atoms with Crippen molar-refractivity contribution >= 4 is 27.3 Å². The highest BCUT2D eigenvalue weighted by molar-refractivity contribution is 7.21. The van der Waals surface area contributed by atoms with Crippen molar-refractivity contribution in [3.05, 3.63) is 65.8 Å². The van der Waals surface area contributed by atoms with Crippen LogP contribution in [0.15, 0.2) is 66.0 Å². The third kappa shape index (κ3) is 2.00. The summed E-state index contributed by atoms with van der Waals surface area (Å²) < 4.78 is 1.07. The minimum Gasteiger partial charge on any atom is -0.321 e. The van der Waals surface area contributed by atoms with E-state index >= 15 is 0 Å². The van der Waals surface area contributed by atoms with Gasteiger partial charge in [0.25, 0.3) is 0 Å². The number of pyridine rings is 1. The molecule has 1 aliphatic rings. The fourth-order valence-electron chi connectivity index (χ4n) is 3.63. The van der Waals surface area contributed by atoms with E-state index in [0.717, 1.165) is 20.5 Å². The number of nitrogens with two attached hydrogens (primary N) is 2. The largest absolute Gasteiger partial charge is 0.321 e. The van der Waals surface area contributed by atoms with Crippen LogP contribution >= 0.6 is 11.3 Å². The summed E-state index contributed by atoms with van der Waals surface area (Å²) in [6, 6.07) is 17.0. The minimum absolute atomic E-state index is 0.462. The fourth-order valence-corrected chi connectivity index (χ4v) is 4.64. The van der Waals surface area contributed by atoms with E-state index in [9.17, 15) is 0 Å². The van der Waals surface area contributed by atoms with E-state index in [4.69, 9.17) is 11.7 Å². The van der Waals surface area contributed by atoms with Crippen molar-refractivity contribution in [2.75, 3.05) is 0 Å². The van der Waals surface area contributed by atoms with Crippen molar-refractivity contribution in [1.82, 2.24) is 10.4 Å². The fraction of sp³-hybridized carbons (Fsp3) is 0. The van der Waals surface area contributed by atoms with Gasteiger partial charge in [-0.3, -0.25) is 4.98 Å². The molecule has 2 aromatic heterocycles. The van der Waals surface area contributed by atoms with Gasteiger partial charge in [-0.15, -0.1) is 11.3 Å². The van der Waals surface area contributed by atoms with Crippen LogP contribution in [0.2, 0.25) is 0 Å². The molecule has 0 amide bonds. The Balaban J connectivity index is 1.74. The van der Waals surface area contributed by atoms with Crippen molar-refractivity contribution < 1.29 is 0 Å². The lowest BCUT2D eigenvalue weighted by molar-refractivity contribution is 1.01. The highest BCUT2D eigenvalue weighted by Gasteiger charge is 2.26. The first kappa shape index (κ1) is 15.1. The molecule has 5 nitrogen and oxygen atoms in total. The number of aromatic nitrogens is 1. The van der Waals surface area contributed by atoms with Crippen molar-refractivity contribution in [1.29, 1.82) is 0 Å². The molecule has 5 N–H and O–H groups in total. The third-order valence-corrected chi connectivity index (χ3v) is 5.86. The van der Waals surface area contributed by atoms with Gasteiger partial charge in [-0.2, -0.15) is 5.10 Å². The number of hydrogen-bond acceptors (Lipinski definition) is 5. The molecule has 0 fully saturated rings. The Bertz CT molecular complexity index is 1190. The normalized spacial score (nSPS) is 12.4. The molecule has 0 unspecified atom stereocenters. The summed E-state index contributed by atoms with van der Waals surface area (Å²) in [6.07, 6.45) is 3.78. The van der Waals surface area contributed by atoms with E-state index in [1.807, 2.05) is 12.4 Å².